The lowest BCUT2D eigenvalue weighted by atomic mass is 9.85. The number of nitrogens with two attached hydrogens (primary N) is 2. The summed E-state index contributed by atoms with van der Waals surface area (Å²) in [5.74, 6) is 1.54. The molecule has 0 atom stereocenters. The van der Waals surface area contributed by atoms with Gasteiger partial charge in [-0.1, -0.05) is 27.7 Å². The van der Waals surface area contributed by atoms with Crippen LogP contribution in [0.25, 0.3) is 0 Å². The van der Waals surface area contributed by atoms with Gasteiger partial charge in [0.15, 0.2) is 0 Å². The van der Waals surface area contributed by atoms with Crippen LogP contribution in [0.15, 0.2) is 23.1 Å². The van der Waals surface area contributed by atoms with Gasteiger partial charge in [0.2, 0.25) is 10.0 Å². The summed E-state index contributed by atoms with van der Waals surface area (Å²) >= 11 is 0. The summed E-state index contributed by atoms with van der Waals surface area (Å²) in [6.45, 7) is 9.45. The van der Waals surface area contributed by atoms with Crippen molar-refractivity contribution in [3.63, 3.8) is 0 Å². The lowest BCUT2D eigenvalue weighted by molar-refractivity contribution is 0.304. The summed E-state index contributed by atoms with van der Waals surface area (Å²) in [5, 5.41) is 8.37. The van der Waals surface area contributed by atoms with Crippen LogP contribution in [0.5, 0.6) is 0 Å². The molecule has 5 N–H and O–H groups in total. The molecular weight excluding hydrogens is 274 g/mol. The molecule has 6 heteroatoms. The minimum Gasteiger partial charge on any atom is -0.397 e. The first kappa shape index (κ1) is 16.8. The molecule has 0 aliphatic heterocycles. The van der Waals surface area contributed by atoms with Crippen molar-refractivity contribution in [3.8, 4) is 0 Å². The molecule has 0 aliphatic rings. The van der Waals surface area contributed by atoms with Gasteiger partial charge in [-0.3, -0.25) is 0 Å². The zero-order chi connectivity index (χ0) is 15.5. The smallest absolute Gasteiger partial charge is 0.238 e. The number of hydrogen-bond donors (Lipinski definition) is 3. The van der Waals surface area contributed by atoms with E-state index in [0.717, 1.165) is 6.54 Å². The van der Waals surface area contributed by atoms with Crippen LogP contribution in [0.2, 0.25) is 0 Å². The van der Waals surface area contributed by atoms with Crippen molar-refractivity contribution in [3.05, 3.63) is 18.2 Å². The number of anilines is 2. The molecule has 0 bridgehead atoms. The van der Waals surface area contributed by atoms with Gasteiger partial charge in [0.25, 0.3) is 0 Å². The molecule has 0 amide bonds. The molecule has 1 rings (SSSR count). The number of nitrogen functional groups attached to an aromatic ring is 1. The normalized spacial score (nSPS) is 12.4. The number of nitrogens with one attached hydrogen (secondary N) is 1. The van der Waals surface area contributed by atoms with E-state index in [2.05, 4.69) is 33.0 Å². The van der Waals surface area contributed by atoms with E-state index in [1.807, 2.05) is 0 Å². The van der Waals surface area contributed by atoms with Gasteiger partial charge in [-0.2, -0.15) is 0 Å². The van der Waals surface area contributed by atoms with E-state index in [4.69, 9.17) is 10.9 Å². The molecular formula is C14H25N3O2S. The quantitative estimate of drug-likeness (QED) is 0.702. The third-order valence-electron chi connectivity index (χ3n) is 3.59. The minimum absolute atomic E-state index is 0.0693. The Bertz CT molecular complexity index is 546. The number of sulfonamides is 1. The molecule has 0 heterocycles. The van der Waals surface area contributed by atoms with E-state index >= 15 is 0 Å². The number of primary sulfonamides is 1. The monoisotopic (exact) mass is 299 g/mol. The third kappa shape index (κ3) is 4.38. The van der Waals surface area contributed by atoms with Crippen molar-refractivity contribution in [2.75, 3.05) is 17.6 Å². The number of benzene rings is 1. The Kier molecular flexibility index (Phi) is 5.42. The summed E-state index contributed by atoms with van der Waals surface area (Å²) in [4.78, 5) is 0.0693. The molecule has 5 nitrogen and oxygen atoms in total. The lowest BCUT2D eigenvalue weighted by Gasteiger charge is -2.26. The average Bonchev–Trinajstić information content (AvgIpc) is 2.29. The SMILES string of the molecule is CC(C)C(CNc1cc(S(N)(=O)=O)ccc1N)C(C)C. The number of hydrogen-bond acceptors (Lipinski definition) is 4. The van der Waals surface area contributed by atoms with Crippen LogP contribution in [-0.4, -0.2) is 15.0 Å². The van der Waals surface area contributed by atoms with Crippen molar-refractivity contribution < 1.29 is 8.42 Å². The Balaban J connectivity index is 2.92. The van der Waals surface area contributed by atoms with Crippen molar-refractivity contribution in [2.24, 2.45) is 22.9 Å². The predicted octanol–water partition coefficient (Wildman–Crippen LogP) is 2.26. The van der Waals surface area contributed by atoms with Crippen LogP contribution in [0, 0.1) is 17.8 Å². The Morgan fingerprint density at radius 3 is 2.15 bits per heavy atom. The zero-order valence-electron chi connectivity index (χ0n) is 12.6. The summed E-state index contributed by atoms with van der Waals surface area (Å²) < 4.78 is 22.7. The largest absolute Gasteiger partial charge is 0.397 e. The van der Waals surface area contributed by atoms with E-state index in [1.54, 1.807) is 6.07 Å². The van der Waals surface area contributed by atoms with Crippen LogP contribution >= 0.6 is 0 Å². The van der Waals surface area contributed by atoms with Crippen LogP contribution in [0.3, 0.4) is 0 Å². The van der Waals surface area contributed by atoms with Gasteiger partial charge in [0.1, 0.15) is 0 Å². The van der Waals surface area contributed by atoms with Crippen LogP contribution < -0.4 is 16.2 Å². The summed E-state index contributed by atoms with van der Waals surface area (Å²) in [6.07, 6.45) is 0. The summed E-state index contributed by atoms with van der Waals surface area (Å²) in [6, 6.07) is 4.46. The maximum Gasteiger partial charge on any atom is 0.238 e. The standard InChI is InChI=1S/C14H25N3O2S/c1-9(2)12(10(3)4)8-17-14-7-11(20(16,18)19)5-6-13(14)15/h5-7,9-10,12,17H,8,15H2,1-4H3,(H2,16,18,19). The predicted molar refractivity (Wildman–Crippen MR) is 83.9 cm³/mol. The highest BCUT2D eigenvalue weighted by molar-refractivity contribution is 7.89. The molecule has 0 spiro atoms. The molecule has 1 aromatic carbocycles. The molecule has 0 aliphatic carbocycles. The topological polar surface area (TPSA) is 98.2 Å². The fourth-order valence-corrected chi connectivity index (χ4v) is 2.87. The fourth-order valence-electron chi connectivity index (χ4n) is 2.33. The zero-order valence-corrected chi connectivity index (χ0v) is 13.4. The second kappa shape index (κ2) is 6.45. The molecule has 0 radical (unpaired) electrons. The van der Waals surface area contributed by atoms with Crippen LogP contribution in [0.1, 0.15) is 27.7 Å². The van der Waals surface area contributed by atoms with E-state index in [0.29, 0.717) is 29.1 Å². The van der Waals surface area contributed by atoms with Crippen LogP contribution in [0.4, 0.5) is 11.4 Å². The van der Waals surface area contributed by atoms with Gasteiger partial charge in [-0.05, 0) is 36.0 Å². The average molecular weight is 299 g/mol. The van der Waals surface area contributed by atoms with Gasteiger partial charge in [-0.25, -0.2) is 13.6 Å². The minimum atomic E-state index is -3.71. The highest BCUT2D eigenvalue weighted by atomic mass is 32.2. The second-order valence-corrected chi connectivity index (χ2v) is 7.39. The Morgan fingerprint density at radius 1 is 1.15 bits per heavy atom. The van der Waals surface area contributed by atoms with Crippen molar-refractivity contribution in [1.82, 2.24) is 0 Å². The lowest BCUT2D eigenvalue weighted by Crippen LogP contribution is -2.25. The highest BCUT2D eigenvalue weighted by Crippen LogP contribution is 2.25. The Labute approximate surface area is 121 Å². The van der Waals surface area contributed by atoms with Crippen molar-refractivity contribution in [2.45, 2.75) is 32.6 Å². The molecule has 1 aromatic rings. The number of rotatable bonds is 6. The first-order chi connectivity index (χ1) is 9.12. The molecule has 0 fully saturated rings. The molecule has 0 unspecified atom stereocenters. The van der Waals surface area contributed by atoms with Crippen LogP contribution in [-0.2, 0) is 10.0 Å². The molecule has 0 saturated carbocycles. The fraction of sp³-hybridized carbons (Fsp3) is 0.571. The molecule has 114 valence electrons. The maximum atomic E-state index is 11.4. The second-order valence-electron chi connectivity index (χ2n) is 5.83. The van der Waals surface area contributed by atoms with Crippen molar-refractivity contribution in [1.29, 1.82) is 0 Å². The summed E-state index contributed by atoms with van der Waals surface area (Å²) in [7, 11) is -3.71. The van der Waals surface area contributed by atoms with Gasteiger partial charge in [0, 0.05) is 6.54 Å². The first-order valence-electron chi connectivity index (χ1n) is 6.79. The summed E-state index contributed by atoms with van der Waals surface area (Å²) in [5.41, 5.74) is 7.00. The van der Waals surface area contributed by atoms with E-state index in [9.17, 15) is 8.42 Å². The molecule has 0 saturated heterocycles. The Morgan fingerprint density at radius 2 is 1.70 bits per heavy atom. The molecule has 0 aromatic heterocycles. The van der Waals surface area contributed by atoms with Gasteiger partial charge < -0.3 is 11.1 Å². The van der Waals surface area contributed by atoms with Crippen molar-refractivity contribution >= 4 is 21.4 Å². The van der Waals surface area contributed by atoms with Gasteiger partial charge in [0.05, 0.1) is 16.3 Å². The maximum absolute atomic E-state index is 11.4. The Hall–Kier alpha value is -1.27. The van der Waals surface area contributed by atoms with Gasteiger partial charge >= 0.3 is 0 Å². The first-order valence-corrected chi connectivity index (χ1v) is 8.33. The van der Waals surface area contributed by atoms with Gasteiger partial charge in [-0.15, -0.1) is 0 Å². The third-order valence-corrected chi connectivity index (χ3v) is 4.51. The van der Waals surface area contributed by atoms with E-state index in [1.165, 1.54) is 12.1 Å². The highest BCUT2D eigenvalue weighted by Gasteiger charge is 2.18. The van der Waals surface area contributed by atoms with E-state index in [-0.39, 0.29) is 4.90 Å². The van der Waals surface area contributed by atoms with E-state index < -0.39 is 10.0 Å². The molecule has 20 heavy (non-hydrogen) atoms.